The van der Waals surface area contributed by atoms with Crippen molar-refractivity contribution in [2.75, 3.05) is 60.0 Å². The molecule has 5 rings (SSSR count). The first-order valence-corrected chi connectivity index (χ1v) is 14.9. The molecule has 8 nitrogen and oxygen atoms in total. The predicted octanol–water partition coefficient (Wildman–Crippen LogP) is 5.24. The number of nitrogens with zero attached hydrogens (tertiary/aromatic N) is 3. The van der Waals surface area contributed by atoms with Gasteiger partial charge in [0, 0.05) is 62.7 Å². The Balaban J connectivity index is 1.28. The van der Waals surface area contributed by atoms with E-state index in [2.05, 4.69) is 48.0 Å². The lowest BCUT2D eigenvalue weighted by Crippen LogP contribution is -2.44. The van der Waals surface area contributed by atoms with E-state index in [9.17, 15) is 9.59 Å². The Hall–Kier alpha value is -3.52. The minimum atomic E-state index is 0.121. The molecule has 1 aromatic heterocycles. The smallest absolute Gasteiger partial charge is 0.236 e. The average molecular weight is 561 g/mol. The van der Waals surface area contributed by atoms with Gasteiger partial charge in [-0.1, -0.05) is 19.9 Å². The number of methoxy groups -OCH3 is 2. The number of nitrogens with one attached hydrogen (secondary N) is 1. The van der Waals surface area contributed by atoms with Gasteiger partial charge in [0.2, 0.25) is 11.8 Å². The van der Waals surface area contributed by atoms with E-state index in [1.807, 2.05) is 21.9 Å². The summed E-state index contributed by atoms with van der Waals surface area (Å²) < 4.78 is 11.0. The van der Waals surface area contributed by atoms with Crippen LogP contribution in [-0.2, 0) is 9.59 Å². The largest absolute Gasteiger partial charge is 0.493 e. The van der Waals surface area contributed by atoms with Gasteiger partial charge < -0.3 is 24.3 Å². The Kier molecular flexibility index (Phi) is 8.88. The third-order valence-electron chi connectivity index (χ3n) is 8.82. The van der Waals surface area contributed by atoms with E-state index in [1.54, 1.807) is 21.1 Å². The highest BCUT2D eigenvalue weighted by Crippen LogP contribution is 2.40. The molecule has 2 fully saturated rings. The van der Waals surface area contributed by atoms with Crippen LogP contribution in [0.3, 0.4) is 0 Å². The summed E-state index contributed by atoms with van der Waals surface area (Å²) in [6, 6.07) is 12.9. The summed E-state index contributed by atoms with van der Waals surface area (Å²) in [7, 11) is 3.32. The van der Waals surface area contributed by atoms with Gasteiger partial charge in [-0.05, 0) is 72.6 Å². The van der Waals surface area contributed by atoms with Crippen LogP contribution in [0.15, 0.2) is 36.4 Å². The predicted molar refractivity (Wildman–Crippen MR) is 163 cm³/mol. The van der Waals surface area contributed by atoms with Crippen LogP contribution in [0, 0.1) is 0 Å². The zero-order valence-corrected chi connectivity index (χ0v) is 25.2. The van der Waals surface area contributed by atoms with E-state index in [0.717, 1.165) is 74.5 Å². The van der Waals surface area contributed by atoms with Crippen molar-refractivity contribution in [2.45, 2.75) is 51.9 Å². The van der Waals surface area contributed by atoms with E-state index < -0.39 is 0 Å². The van der Waals surface area contributed by atoms with Gasteiger partial charge in [0.15, 0.2) is 11.5 Å². The van der Waals surface area contributed by atoms with Crippen molar-refractivity contribution >= 4 is 22.7 Å². The number of piperidine rings is 1. The van der Waals surface area contributed by atoms with E-state index in [1.165, 1.54) is 16.5 Å². The van der Waals surface area contributed by atoms with Crippen LogP contribution in [-0.4, -0.2) is 91.5 Å². The first-order valence-electron chi connectivity index (χ1n) is 14.9. The molecule has 2 aliphatic heterocycles. The van der Waals surface area contributed by atoms with Crippen molar-refractivity contribution in [3.05, 3.63) is 47.5 Å². The second-order valence-electron chi connectivity index (χ2n) is 11.7. The fourth-order valence-corrected chi connectivity index (χ4v) is 6.50. The van der Waals surface area contributed by atoms with Crippen LogP contribution in [0.1, 0.15) is 63.0 Å². The van der Waals surface area contributed by atoms with E-state index in [-0.39, 0.29) is 11.8 Å². The Bertz CT molecular complexity index is 1390. The van der Waals surface area contributed by atoms with Crippen molar-refractivity contribution in [3.63, 3.8) is 0 Å². The number of H-pyrrole nitrogens is 1. The van der Waals surface area contributed by atoms with Crippen molar-refractivity contribution in [1.29, 1.82) is 0 Å². The van der Waals surface area contributed by atoms with Gasteiger partial charge in [-0.25, -0.2) is 0 Å². The number of rotatable bonds is 7. The summed E-state index contributed by atoms with van der Waals surface area (Å²) in [5.41, 5.74) is 5.99. The van der Waals surface area contributed by atoms with E-state index in [0.29, 0.717) is 30.7 Å². The molecule has 1 N–H and O–H groups in total. The first-order chi connectivity index (χ1) is 19.8. The minimum Gasteiger partial charge on any atom is -0.493 e. The van der Waals surface area contributed by atoms with Crippen LogP contribution in [0.5, 0.6) is 11.5 Å². The maximum absolute atomic E-state index is 13.1. The molecule has 2 aromatic carbocycles. The Morgan fingerprint density at radius 2 is 1.66 bits per heavy atom. The molecular weight excluding hydrogens is 516 g/mol. The van der Waals surface area contributed by atoms with Gasteiger partial charge >= 0.3 is 0 Å². The summed E-state index contributed by atoms with van der Waals surface area (Å²) in [5, 5.41) is 1.27. The molecule has 0 radical (unpaired) electrons. The molecule has 0 spiro atoms. The second-order valence-corrected chi connectivity index (χ2v) is 11.7. The van der Waals surface area contributed by atoms with Crippen LogP contribution >= 0.6 is 0 Å². The number of benzene rings is 2. The van der Waals surface area contributed by atoms with Crippen molar-refractivity contribution < 1.29 is 19.1 Å². The Morgan fingerprint density at radius 1 is 0.902 bits per heavy atom. The monoisotopic (exact) mass is 560 g/mol. The molecule has 2 amide bonds. The highest BCUT2D eigenvalue weighted by molar-refractivity contribution is 5.92. The third kappa shape index (κ3) is 6.22. The third-order valence-corrected chi connectivity index (χ3v) is 8.82. The number of ether oxygens (including phenoxy) is 2. The van der Waals surface area contributed by atoms with Crippen LogP contribution in [0.4, 0.5) is 0 Å². The molecule has 2 saturated heterocycles. The molecule has 220 valence electrons. The Labute approximate surface area is 243 Å². The zero-order valence-electron chi connectivity index (χ0n) is 25.2. The summed E-state index contributed by atoms with van der Waals surface area (Å²) in [6.45, 7) is 11.3. The van der Waals surface area contributed by atoms with Gasteiger partial charge in [-0.15, -0.1) is 0 Å². The lowest BCUT2D eigenvalue weighted by atomic mass is 9.87. The number of carbonyl (C=O) groups is 2. The molecule has 41 heavy (non-hydrogen) atoms. The van der Waals surface area contributed by atoms with Crippen molar-refractivity contribution in [1.82, 2.24) is 19.7 Å². The molecule has 3 heterocycles. The quantitative estimate of drug-likeness (QED) is 0.428. The Morgan fingerprint density at radius 3 is 2.34 bits per heavy atom. The van der Waals surface area contributed by atoms with Crippen molar-refractivity contribution in [2.24, 2.45) is 0 Å². The van der Waals surface area contributed by atoms with Crippen LogP contribution < -0.4 is 9.47 Å². The second kappa shape index (κ2) is 12.6. The topological polar surface area (TPSA) is 78.1 Å². The minimum absolute atomic E-state index is 0.121. The first kappa shape index (κ1) is 29.0. The van der Waals surface area contributed by atoms with E-state index in [4.69, 9.17) is 9.47 Å². The standard InChI is InChI=1S/C33H44N4O4/c1-22(2)32-27-19-25(7-9-28(27)34-33(32)26-8-10-29(40-4)30(20-26)41-5)24-11-15-37(16-12-24)31(39)21-35-13-6-14-36(18-17-35)23(3)38/h7-10,19-20,22,24,34H,6,11-18,21H2,1-5H3. The normalized spacial score (nSPS) is 17.2. The number of hydrogen-bond donors (Lipinski definition) is 1. The molecule has 0 atom stereocenters. The maximum Gasteiger partial charge on any atom is 0.236 e. The molecular formula is C33H44N4O4. The van der Waals surface area contributed by atoms with Gasteiger partial charge in [-0.3, -0.25) is 14.5 Å². The highest BCUT2D eigenvalue weighted by Gasteiger charge is 2.27. The highest BCUT2D eigenvalue weighted by atomic mass is 16.5. The molecule has 0 saturated carbocycles. The number of fused-ring (bicyclic) bond motifs is 1. The summed E-state index contributed by atoms with van der Waals surface area (Å²) >= 11 is 0. The zero-order chi connectivity index (χ0) is 29.1. The number of carbonyl (C=O) groups excluding carboxylic acids is 2. The van der Waals surface area contributed by atoms with Gasteiger partial charge in [0.1, 0.15) is 0 Å². The molecule has 8 heteroatoms. The maximum atomic E-state index is 13.1. The fourth-order valence-electron chi connectivity index (χ4n) is 6.50. The summed E-state index contributed by atoms with van der Waals surface area (Å²) in [6.07, 6.45) is 2.86. The fraction of sp³-hybridized carbons (Fsp3) is 0.515. The molecule has 3 aromatic rings. The number of likely N-dealkylation sites (tertiary alicyclic amines) is 1. The molecule has 0 unspecified atom stereocenters. The van der Waals surface area contributed by atoms with Gasteiger partial charge in [-0.2, -0.15) is 0 Å². The molecule has 0 aliphatic carbocycles. The summed E-state index contributed by atoms with van der Waals surface area (Å²) in [4.78, 5) is 34.7. The lowest BCUT2D eigenvalue weighted by molar-refractivity contribution is -0.133. The van der Waals surface area contributed by atoms with Gasteiger partial charge in [0.05, 0.1) is 26.5 Å². The van der Waals surface area contributed by atoms with Crippen molar-refractivity contribution in [3.8, 4) is 22.8 Å². The van der Waals surface area contributed by atoms with Crippen LogP contribution in [0.2, 0.25) is 0 Å². The van der Waals surface area contributed by atoms with Gasteiger partial charge in [0.25, 0.3) is 0 Å². The SMILES string of the molecule is COc1ccc(-c2[nH]c3ccc(C4CCN(C(=O)CN5CCCN(C(C)=O)CC5)CC4)cc3c2C(C)C)cc1OC. The summed E-state index contributed by atoms with van der Waals surface area (Å²) in [5.74, 6) is 2.54. The number of aromatic amines is 1. The number of amides is 2. The number of aromatic nitrogens is 1. The number of hydrogen-bond acceptors (Lipinski definition) is 5. The van der Waals surface area contributed by atoms with Crippen LogP contribution in [0.25, 0.3) is 22.2 Å². The van der Waals surface area contributed by atoms with E-state index >= 15 is 0 Å². The molecule has 0 bridgehead atoms. The molecule has 2 aliphatic rings. The average Bonchev–Trinajstić information content (AvgIpc) is 3.21. The lowest BCUT2D eigenvalue weighted by Gasteiger charge is -2.33.